The summed E-state index contributed by atoms with van der Waals surface area (Å²) in [5.74, 6) is 0.720. The third-order valence-corrected chi connectivity index (χ3v) is 3.75. The Kier molecular flexibility index (Phi) is 4.53. The van der Waals surface area contributed by atoms with Gasteiger partial charge in [-0.25, -0.2) is 0 Å². The fourth-order valence-electron chi connectivity index (χ4n) is 2.63. The van der Waals surface area contributed by atoms with Crippen molar-refractivity contribution in [1.29, 1.82) is 0 Å². The van der Waals surface area contributed by atoms with Gasteiger partial charge >= 0.3 is 0 Å². The molecule has 106 valence electrons. The van der Waals surface area contributed by atoms with E-state index in [0.29, 0.717) is 12.3 Å². The Balaban J connectivity index is 2.11. The Morgan fingerprint density at radius 3 is 2.74 bits per heavy atom. The van der Waals surface area contributed by atoms with Gasteiger partial charge in [0.05, 0.1) is 24.4 Å². The molecule has 0 amide bonds. The maximum atomic E-state index is 9.62. The van der Waals surface area contributed by atoms with E-state index in [4.69, 9.17) is 10.5 Å². The van der Waals surface area contributed by atoms with Gasteiger partial charge in [-0.2, -0.15) is 0 Å². The van der Waals surface area contributed by atoms with Gasteiger partial charge in [0.15, 0.2) is 0 Å². The minimum absolute atomic E-state index is 0.169. The Labute approximate surface area is 115 Å². The first-order valence-corrected chi connectivity index (χ1v) is 7.10. The summed E-state index contributed by atoms with van der Waals surface area (Å²) in [7, 11) is 0. The van der Waals surface area contributed by atoms with Crippen LogP contribution in [0.2, 0.25) is 0 Å². The number of ether oxygens (including phenoxy) is 1. The normalized spacial score (nSPS) is 17.4. The summed E-state index contributed by atoms with van der Waals surface area (Å²) in [5, 5.41) is 13.1. The zero-order valence-electron chi connectivity index (χ0n) is 11.6. The van der Waals surface area contributed by atoms with Crippen LogP contribution in [0.3, 0.4) is 0 Å². The van der Waals surface area contributed by atoms with E-state index in [0.717, 1.165) is 30.7 Å². The van der Waals surface area contributed by atoms with Crippen LogP contribution >= 0.6 is 0 Å². The molecule has 0 aromatic heterocycles. The van der Waals surface area contributed by atoms with Crippen molar-refractivity contribution >= 4 is 11.4 Å². The number of benzene rings is 1. The molecule has 0 spiro atoms. The standard InChI is InChI=1S/C15H24N2O2/c1-2-9-19-14-10-12(5-6-13(14)16)17-15(11-18)7-3-4-8-15/h5-6,10,17-18H,2-4,7-9,11,16H2,1H3. The lowest BCUT2D eigenvalue weighted by atomic mass is 9.98. The van der Waals surface area contributed by atoms with Gasteiger partial charge in [0.2, 0.25) is 0 Å². The van der Waals surface area contributed by atoms with Crippen molar-refractivity contribution in [3.8, 4) is 5.75 Å². The molecule has 2 rings (SSSR count). The van der Waals surface area contributed by atoms with Crippen molar-refractivity contribution in [3.63, 3.8) is 0 Å². The number of nitrogen functional groups attached to an aromatic ring is 1. The van der Waals surface area contributed by atoms with Crippen molar-refractivity contribution in [2.24, 2.45) is 0 Å². The SMILES string of the molecule is CCCOc1cc(NC2(CO)CCCC2)ccc1N. The van der Waals surface area contributed by atoms with Crippen molar-refractivity contribution in [2.45, 2.75) is 44.6 Å². The average molecular weight is 264 g/mol. The van der Waals surface area contributed by atoms with E-state index in [-0.39, 0.29) is 12.1 Å². The predicted octanol–water partition coefficient (Wildman–Crippen LogP) is 2.77. The molecule has 1 saturated carbocycles. The second-order valence-corrected chi connectivity index (χ2v) is 5.37. The molecule has 0 saturated heterocycles. The minimum Gasteiger partial charge on any atom is -0.491 e. The van der Waals surface area contributed by atoms with E-state index in [1.165, 1.54) is 12.8 Å². The van der Waals surface area contributed by atoms with Gasteiger partial charge in [-0.05, 0) is 31.4 Å². The zero-order chi connectivity index (χ0) is 13.7. The van der Waals surface area contributed by atoms with E-state index in [1.54, 1.807) is 0 Å². The first-order valence-electron chi connectivity index (χ1n) is 7.10. The number of aliphatic hydroxyl groups is 1. The monoisotopic (exact) mass is 264 g/mol. The summed E-state index contributed by atoms with van der Waals surface area (Å²) in [4.78, 5) is 0. The Morgan fingerprint density at radius 1 is 1.37 bits per heavy atom. The predicted molar refractivity (Wildman–Crippen MR) is 78.5 cm³/mol. The molecule has 1 fully saturated rings. The lowest BCUT2D eigenvalue weighted by molar-refractivity contribution is 0.214. The van der Waals surface area contributed by atoms with Crippen LogP contribution < -0.4 is 15.8 Å². The Hall–Kier alpha value is -1.42. The molecule has 0 bridgehead atoms. The molecule has 1 aromatic carbocycles. The second-order valence-electron chi connectivity index (χ2n) is 5.37. The van der Waals surface area contributed by atoms with E-state index in [2.05, 4.69) is 12.2 Å². The lowest BCUT2D eigenvalue weighted by Crippen LogP contribution is -2.38. The summed E-state index contributed by atoms with van der Waals surface area (Å²) in [6.07, 6.45) is 5.32. The van der Waals surface area contributed by atoms with E-state index >= 15 is 0 Å². The van der Waals surface area contributed by atoms with Gasteiger partial charge in [0.25, 0.3) is 0 Å². The minimum atomic E-state index is -0.169. The molecule has 4 heteroatoms. The fraction of sp³-hybridized carbons (Fsp3) is 0.600. The lowest BCUT2D eigenvalue weighted by Gasteiger charge is -2.29. The van der Waals surface area contributed by atoms with E-state index in [9.17, 15) is 5.11 Å². The van der Waals surface area contributed by atoms with Crippen LogP contribution in [-0.4, -0.2) is 23.9 Å². The molecule has 0 unspecified atom stereocenters. The van der Waals surface area contributed by atoms with Crippen LogP contribution in [0.4, 0.5) is 11.4 Å². The number of nitrogens with one attached hydrogen (secondary N) is 1. The number of rotatable bonds is 6. The number of hydrogen-bond donors (Lipinski definition) is 3. The number of nitrogens with two attached hydrogens (primary N) is 1. The van der Waals surface area contributed by atoms with E-state index in [1.807, 2.05) is 18.2 Å². The molecule has 19 heavy (non-hydrogen) atoms. The van der Waals surface area contributed by atoms with Crippen LogP contribution in [0.15, 0.2) is 18.2 Å². The fourth-order valence-corrected chi connectivity index (χ4v) is 2.63. The maximum Gasteiger partial charge on any atom is 0.144 e. The molecule has 0 aliphatic heterocycles. The number of aliphatic hydroxyl groups excluding tert-OH is 1. The highest BCUT2D eigenvalue weighted by molar-refractivity contribution is 5.62. The maximum absolute atomic E-state index is 9.62. The summed E-state index contributed by atoms with van der Waals surface area (Å²) in [6, 6.07) is 5.73. The van der Waals surface area contributed by atoms with Crippen LogP contribution in [0.25, 0.3) is 0 Å². The zero-order valence-corrected chi connectivity index (χ0v) is 11.6. The summed E-state index contributed by atoms with van der Waals surface area (Å²) in [5.41, 5.74) is 7.36. The van der Waals surface area contributed by atoms with E-state index < -0.39 is 0 Å². The third-order valence-electron chi connectivity index (χ3n) is 3.75. The van der Waals surface area contributed by atoms with Crippen molar-refractivity contribution in [3.05, 3.63) is 18.2 Å². The first-order chi connectivity index (χ1) is 9.19. The van der Waals surface area contributed by atoms with Crippen LogP contribution in [-0.2, 0) is 0 Å². The van der Waals surface area contributed by atoms with Crippen molar-refractivity contribution in [2.75, 3.05) is 24.3 Å². The molecule has 4 nitrogen and oxygen atoms in total. The third kappa shape index (κ3) is 3.32. The van der Waals surface area contributed by atoms with Gasteiger partial charge < -0.3 is 20.9 Å². The van der Waals surface area contributed by atoms with Gasteiger partial charge in [0.1, 0.15) is 5.75 Å². The van der Waals surface area contributed by atoms with Gasteiger partial charge in [0, 0.05) is 11.8 Å². The molecule has 0 radical (unpaired) electrons. The van der Waals surface area contributed by atoms with Gasteiger partial charge in [-0.1, -0.05) is 19.8 Å². The second kappa shape index (κ2) is 6.15. The quantitative estimate of drug-likeness (QED) is 0.691. The van der Waals surface area contributed by atoms with Crippen molar-refractivity contribution < 1.29 is 9.84 Å². The van der Waals surface area contributed by atoms with Crippen LogP contribution in [0.5, 0.6) is 5.75 Å². The molecular weight excluding hydrogens is 240 g/mol. The highest BCUT2D eigenvalue weighted by atomic mass is 16.5. The van der Waals surface area contributed by atoms with Crippen LogP contribution in [0.1, 0.15) is 39.0 Å². The smallest absolute Gasteiger partial charge is 0.144 e. The molecular formula is C15H24N2O2. The molecule has 0 atom stereocenters. The van der Waals surface area contributed by atoms with Gasteiger partial charge in [-0.3, -0.25) is 0 Å². The summed E-state index contributed by atoms with van der Waals surface area (Å²) >= 11 is 0. The topological polar surface area (TPSA) is 67.5 Å². The molecule has 1 aliphatic carbocycles. The number of hydrogen-bond acceptors (Lipinski definition) is 4. The Bertz CT molecular complexity index is 415. The Morgan fingerprint density at radius 2 is 2.11 bits per heavy atom. The highest BCUT2D eigenvalue weighted by Gasteiger charge is 2.32. The molecule has 1 aliphatic rings. The molecule has 1 aromatic rings. The average Bonchev–Trinajstić information content (AvgIpc) is 2.88. The molecule has 4 N–H and O–H groups in total. The largest absolute Gasteiger partial charge is 0.491 e. The first kappa shape index (κ1) is 14.0. The van der Waals surface area contributed by atoms with Crippen molar-refractivity contribution in [1.82, 2.24) is 0 Å². The highest BCUT2D eigenvalue weighted by Crippen LogP contribution is 2.34. The van der Waals surface area contributed by atoms with Crippen LogP contribution in [0, 0.1) is 0 Å². The molecule has 0 heterocycles. The number of anilines is 2. The summed E-state index contributed by atoms with van der Waals surface area (Å²) < 4.78 is 5.63. The summed E-state index contributed by atoms with van der Waals surface area (Å²) in [6.45, 7) is 2.90. The van der Waals surface area contributed by atoms with Gasteiger partial charge in [-0.15, -0.1) is 0 Å².